The number of halogens is 2. The third-order valence-corrected chi connectivity index (χ3v) is 6.78. The summed E-state index contributed by atoms with van der Waals surface area (Å²) in [5.74, 6) is -2.82. The molecule has 8 nitrogen and oxygen atoms in total. The van der Waals surface area contributed by atoms with Crippen molar-refractivity contribution in [2.75, 3.05) is 19.7 Å². The molecule has 1 saturated heterocycles. The van der Waals surface area contributed by atoms with Gasteiger partial charge in [-0.15, -0.1) is 0 Å². The third-order valence-electron chi connectivity index (χ3n) is 4.90. The average Bonchev–Trinajstić information content (AvgIpc) is 2.78. The van der Waals surface area contributed by atoms with E-state index in [-0.39, 0.29) is 36.7 Å². The molecule has 2 N–H and O–H groups in total. The molecule has 3 rings (SSSR count). The van der Waals surface area contributed by atoms with Crippen molar-refractivity contribution in [3.8, 4) is 0 Å². The maximum atomic E-state index is 13.5. The molecule has 0 saturated carbocycles. The highest BCUT2D eigenvalue weighted by Gasteiger charge is 2.35. The van der Waals surface area contributed by atoms with Crippen LogP contribution in [0.1, 0.15) is 17.5 Å². The molecule has 0 radical (unpaired) electrons. The number of hydrogen-bond acceptors (Lipinski definition) is 5. The number of rotatable bonds is 6. The van der Waals surface area contributed by atoms with Crippen LogP contribution < -0.4 is 10.6 Å². The Hall–Kier alpha value is -2.89. The highest BCUT2D eigenvalue weighted by Crippen LogP contribution is 2.23. The minimum Gasteiger partial charge on any atom is -0.360 e. The number of amides is 2. The maximum absolute atomic E-state index is 13.5. The monoisotopic (exact) mass is 467 g/mol. The summed E-state index contributed by atoms with van der Waals surface area (Å²) < 4.78 is 59.1. The average molecular weight is 467 g/mol. The number of carbonyl (C=O) groups excluding carboxylic acids is 2. The minimum absolute atomic E-state index is 0.0247. The Kier molecular flexibility index (Phi) is 7.54. The zero-order chi connectivity index (χ0) is 23.3. The van der Waals surface area contributed by atoms with Crippen molar-refractivity contribution in [3.05, 3.63) is 65.2 Å². The van der Waals surface area contributed by atoms with Crippen LogP contribution in [0.25, 0.3) is 0 Å². The number of carbonyl (C=O) groups is 2. The van der Waals surface area contributed by atoms with Gasteiger partial charge in [0.25, 0.3) is 0 Å². The first kappa shape index (κ1) is 23.8. The molecular weight excluding hydrogens is 444 g/mol. The first-order valence-electron chi connectivity index (χ1n) is 9.88. The molecule has 1 aliphatic heterocycles. The van der Waals surface area contributed by atoms with Gasteiger partial charge in [-0.2, -0.15) is 4.31 Å². The summed E-state index contributed by atoms with van der Waals surface area (Å²) in [6.45, 7) is 1.67. The molecule has 2 amide bonds. The van der Waals surface area contributed by atoms with Gasteiger partial charge in [-0.1, -0.05) is 12.1 Å². The number of nitrogens with zero attached hydrogens (tertiary/aromatic N) is 1. The molecule has 1 fully saturated rings. The summed E-state index contributed by atoms with van der Waals surface area (Å²) in [5, 5.41) is 4.77. The van der Waals surface area contributed by atoms with E-state index in [1.165, 1.54) is 43.3 Å². The molecule has 11 heteroatoms. The Bertz CT molecular complexity index is 1090. The van der Waals surface area contributed by atoms with Crippen LogP contribution in [0, 0.1) is 18.6 Å². The van der Waals surface area contributed by atoms with Crippen LogP contribution in [0.4, 0.5) is 8.78 Å². The fourth-order valence-electron chi connectivity index (χ4n) is 3.14. The lowest BCUT2D eigenvalue weighted by Crippen LogP contribution is -2.53. The van der Waals surface area contributed by atoms with Gasteiger partial charge in [-0.3, -0.25) is 9.59 Å². The first-order chi connectivity index (χ1) is 15.2. The van der Waals surface area contributed by atoms with Crippen molar-refractivity contribution in [2.24, 2.45) is 0 Å². The fraction of sp³-hybridized carbons (Fsp3) is 0.333. The van der Waals surface area contributed by atoms with Crippen LogP contribution >= 0.6 is 0 Å². The van der Waals surface area contributed by atoms with Gasteiger partial charge in [-0.25, -0.2) is 17.2 Å². The number of nitrogens with one attached hydrogen (secondary N) is 2. The van der Waals surface area contributed by atoms with Gasteiger partial charge in [0.1, 0.15) is 17.9 Å². The third kappa shape index (κ3) is 5.67. The number of hydrogen-bond donors (Lipinski definition) is 2. The summed E-state index contributed by atoms with van der Waals surface area (Å²) in [4.78, 5) is 24.1. The largest absolute Gasteiger partial charge is 0.360 e. The van der Waals surface area contributed by atoms with E-state index in [0.717, 1.165) is 10.4 Å². The van der Waals surface area contributed by atoms with Crippen LogP contribution in [0.15, 0.2) is 47.4 Å². The second-order valence-electron chi connectivity index (χ2n) is 7.22. The van der Waals surface area contributed by atoms with Crippen molar-refractivity contribution < 1.29 is 31.5 Å². The zero-order valence-corrected chi connectivity index (χ0v) is 18.1. The topological polar surface area (TPSA) is 105 Å². The minimum atomic E-state index is -4.01. The lowest BCUT2D eigenvalue weighted by Gasteiger charge is -2.34. The van der Waals surface area contributed by atoms with Gasteiger partial charge >= 0.3 is 11.8 Å². The number of sulfonamides is 1. The quantitative estimate of drug-likeness (QED) is 0.626. The van der Waals surface area contributed by atoms with E-state index >= 15 is 0 Å². The molecule has 0 unspecified atom stereocenters. The van der Waals surface area contributed by atoms with Crippen molar-refractivity contribution in [2.45, 2.75) is 31.0 Å². The molecule has 172 valence electrons. The first-order valence-corrected chi connectivity index (χ1v) is 11.3. The Balaban J connectivity index is 1.60. The van der Waals surface area contributed by atoms with E-state index in [4.69, 9.17) is 4.74 Å². The van der Waals surface area contributed by atoms with E-state index in [1.54, 1.807) is 0 Å². The van der Waals surface area contributed by atoms with E-state index < -0.39 is 39.7 Å². The summed E-state index contributed by atoms with van der Waals surface area (Å²) in [7, 11) is -4.01. The van der Waals surface area contributed by atoms with E-state index in [0.29, 0.717) is 12.0 Å². The van der Waals surface area contributed by atoms with Gasteiger partial charge in [0.2, 0.25) is 10.0 Å². The molecule has 0 spiro atoms. The molecule has 1 heterocycles. The van der Waals surface area contributed by atoms with Crippen molar-refractivity contribution >= 4 is 21.8 Å². The van der Waals surface area contributed by atoms with E-state index in [9.17, 15) is 26.8 Å². The van der Waals surface area contributed by atoms with Gasteiger partial charge in [-0.05, 0) is 54.8 Å². The molecular formula is C21H23F2N3O5S. The van der Waals surface area contributed by atoms with Crippen LogP contribution in [0.2, 0.25) is 0 Å². The van der Waals surface area contributed by atoms with Gasteiger partial charge < -0.3 is 15.4 Å². The molecule has 1 atom stereocenters. The predicted octanol–water partition coefficient (Wildman–Crippen LogP) is 1.44. The van der Waals surface area contributed by atoms with Crippen molar-refractivity contribution in [3.63, 3.8) is 0 Å². The molecule has 0 bridgehead atoms. The lowest BCUT2D eigenvalue weighted by molar-refractivity contribution is -0.140. The van der Waals surface area contributed by atoms with Crippen molar-refractivity contribution in [1.82, 2.24) is 14.9 Å². The van der Waals surface area contributed by atoms with E-state index in [1.807, 2.05) is 0 Å². The maximum Gasteiger partial charge on any atom is 0.309 e. The second-order valence-corrected chi connectivity index (χ2v) is 9.12. The number of ether oxygens (including phenoxy) is 1. The Morgan fingerprint density at radius 2 is 1.78 bits per heavy atom. The second kappa shape index (κ2) is 10.2. The lowest BCUT2D eigenvalue weighted by atomic mass is 10.2. The summed E-state index contributed by atoms with van der Waals surface area (Å²) in [5.41, 5.74) is 0.793. The van der Waals surface area contributed by atoms with Gasteiger partial charge in [0.15, 0.2) is 0 Å². The molecule has 0 aliphatic carbocycles. The van der Waals surface area contributed by atoms with Crippen LogP contribution in [-0.4, -0.2) is 50.5 Å². The highest BCUT2D eigenvalue weighted by atomic mass is 32.2. The normalized spacial score (nSPS) is 17.0. The van der Waals surface area contributed by atoms with Crippen LogP contribution in [0.3, 0.4) is 0 Å². The fourth-order valence-corrected chi connectivity index (χ4v) is 4.79. The van der Waals surface area contributed by atoms with Gasteiger partial charge in [0.05, 0.1) is 18.0 Å². The van der Waals surface area contributed by atoms with Gasteiger partial charge in [0, 0.05) is 13.1 Å². The van der Waals surface area contributed by atoms with Crippen LogP contribution in [0.5, 0.6) is 0 Å². The summed E-state index contributed by atoms with van der Waals surface area (Å²) in [6, 6.07) is 8.91. The summed E-state index contributed by atoms with van der Waals surface area (Å²) in [6.07, 6.45) is -0.574. The molecule has 2 aromatic carbocycles. The number of benzene rings is 2. The smallest absolute Gasteiger partial charge is 0.309 e. The highest BCUT2D eigenvalue weighted by molar-refractivity contribution is 7.89. The SMILES string of the molecule is Cc1cc(S(=O)(=O)N2CCCO[C@@H]2CNC(=O)C(=O)NCc2ccc(F)cc2)ccc1F. The summed E-state index contributed by atoms with van der Waals surface area (Å²) >= 11 is 0. The Labute approximate surface area is 184 Å². The zero-order valence-electron chi connectivity index (χ0n) is 17.3. The number of aryl methyl sites for hydroxylation is 1. The van der Waals surface area contributed by atoms with Crippen molar-refractivity contribution in [1.29, 1.82) is 0 Å². The molecule has 32 heavy (non-hydrogen) atoms. The van der Waals surface area contributed by atoms with E-state index in [2.05, 4.69) is 10.6 Å². The Morgan fingerprint density at radius 1 is 1.09 bits per heavy atom. The standard InChI is InChI=1S/C21H23F2N3O5S/c1-14-11-17(7-8-18(14)23)32(29,30)26-9-2-10-31-19(26)13-25-21(28)20(27)24-12-15-3-5-16(22)6-4-15/h3-8,11,19H,2,9-10,12-13H2,1H3,(H,24,27)(H,25,28)/t19-/m1/s1. The molecule has 0 aromatic heterocycles. The van der Waals surface area contributed by atoms with Crippen LogP contribution in [-0.2, 0) is 30.9 Å². The Morgan fingerprint density at radius 3 is 2.47 bits per heavy atom. The predicted molar refractivity (Wildman–Crippen MR) is 111 cm³/mol. The molecule has 1 aliphatic rings. The molecule has 2 aromatic rings.